The Morgan fingerprint density at radius 2 is 1.34 bits per heavy atom. The van der Waals surface area contributed by atoms with Crippen LogP contribution in [-0.4, -0.2) is 0 Å². The molecule has 0 saturated carbocycles. The van der Waals surface area contributed by atoms with Crippen molar-refractivity contribution in [2.75, 3.05) is 0 Å². The van der Waals surface area contributed by atoms with Gasteiger partial charge in [-0.05, 0) is 16.7 Å². The van der Waals surface area contributed by atoms with Crippen molar-refractivity contribution in [3.63, 3.8) is 0 Å². The molecule has 0 heterocycles. The van der Waals surface area contributed by atoms with E-state index in [1.165, 1.54) is 38.2 Å². The summed E-state index contributed by atoms with van der Waals surface area (Å²) in [4.78, 5) is 0. The third kappa shape index (κ3) is 4.79. The molecule has 1 aliphatic rings. The third-order valence-corrected chi connectivity index (χ3v) is 5.68. The largest absolute Gasteiger partial charge is 3.00 e. The maximum atomic E-state index is 2.42. The molecule has 0 nitrogen and oxygen atoms in total. The molecule has 3 aromatic rings. The van der Waals surface area contributed by atoms with Crippen LogP contribution in [0.5, 0.6) is 0 Å². The van der Waals surface area contributed by atoms with E-state index >= 15 is 0 Å². The zero-order valence-corrected chi connectivity index (χ0v) is 22.1. The number of fused-ring (bicyclic) bond motifs is 3. The quantitative estimate of drug-likeness (QED) is 0.442. The third-order valence-electron chi connectivity index (χ3n) is 5.68. The summed E-state index contributed by atoms with van der Waals surface area (Å²) in [5.41, 5.74) is 4.64. The number of hydrogen-bond acceptors (Lipinski definition) is 0. The zero-order chi connectivity index (χ0) is 18.7. The van der Waals surface area contributed by atoms with Crippen LogP contribution >= 0.6 is 0 Å². The smallest absolute Gasteiger partial charge is 1.00 e. The maximum Gasteiger partial charge on any atom is 3.00 e. The van der Waals surface area contributed by atoms with E-state index in [2.05, 4.69) is 102 Å². The number of benzene rings is 2. The Bertz CT molecular complexity index is 1040. The molecule has 0 N–H and O–H groups in total. The molecule has 29 heavy (non-hydrogen) atoms. The second-order valence-electron chi connectivity index (χ2n) is 9.73. The van der Waals surface area contributed by atoms with Crippen molar-refractivity contribution in [1.29, 1.82) is 0 Å². The molecule has 0 atom stereocenters. The van der Waals surface area contributed by atoms with E-state index in [4.69, 9.17) is 0 Å². The number of rotatable bonds is 1. The minimum absolute atomic E-state index is 0. The molecule has 0 unspecified atom stereocenters. The molecular formula is C26H29Cl2Zr. The number of halogens is 2. The second kappa shape index (κ2) is 9.17. The van der Waals surface area contributed by atoms with Gasteiger partial charge in [-0.25, -0.2) is 0 Å². The minimum Gasteiger partial charge on any atom is -1.00 e. The summed E-state index contributed by atoms with van der Waals surface area (Å²) in [6.07, 6.45) is 9.00. The van der Waals surface area contributed by atoms with Crippen molar-refractivity contribution in [3.05, 3.63) is 77.4 Å². The monoisotopic (exact) mass is 501 g/mol. The molecule has 3 aromatic carbocycles. The van der Waals surface area contributed by atoms with Crippen LogP contribution in [0.25, 0.3) is 21.5 Å². The van der Waals surface area contributed by atoms with Crippen LogP contribution in [0.4, 0.5) is 0 Å². The van der Waals surface area contributed by atoms with Crippen molar-refractivity contribution in [2.45, 2.75) is 58.3 Å². The van der Waals surface area contributed by atoms with Crippen molar-refractivity contribution in [3.8, 4) is 0 Å². The van der Waals surface area contributed by atoms with Crippen molar-refractivity contribution in [1.82, 2.24) is 0 Å². The Morgan fingerprint density at radius 1 is 0.759 bits per heavy atom. The Morgan fingerprint density at radius 3 is 1.90 bits per heavy atom. The average Bonchev–Trinajstić information content (AvgIpc) is 3.18. The van der Waals surface area contributed by atoms with Crippen molar-refractivity contribution < 1.29 is 51.0 Å². The van der Waals surface area contributed by atoms with Gasteiger partial charge in [0.1, 0.15) is 0 Å². The predicted octanol–water partition coefficient (Wildman–Crippen LogP) is 1.52. The maximum absolute atomic E-state index is 2.42. The van der Waals surface area contributed by atoms with Gasteiger partial charge in [-0.2, -0.15) is 0 Å². The topological polar surface area (TPSA) is 0 Å². The normalized spacial score (nSPS) is 14.0. The molecule has 0 fully saturated rings. The minimum atomic E-state index is 0. The van der Waals surface area contributed by atoms with Gasteiger partial charge in [0.25, 0.3) is 0 Å². The molecule has 3 heteroatoms. The summed E-state index contributed by atoms with van der Waals surface area (Å²) in [7, 11) is 0. The van der Waals surface area contributed by atoms with E-state index in [9.17, 15) is 0 Å². The van der Waals surface area contributed by atoms with Crippen molar-refractivity contribution >= 4 is 21.5 Å². The fraction of sp³-hybridized carbons (Fsp3) is 0.346. The van der Waals surface area contributed by atoms with E-state index in [1.807, 2.05) is 0 Å². The second-order valence-corrected chi connectivity index (χ2v) is 9.73. The Hall–Kier alpha value is -0.747. The molecule has 4 rings (SSSR count). The van der Waals surface area contributed by atoms with Gasteiger partial charge in [0.05, 0.1) is 0 Å². The van der Waals surface area contributed by atoms with Crippen molar-refractivity contribution in [2.24, 2.45) is 0 Å². The summed E-state index contributed by atoms with van der Waals surface area (Å²) in [5.74, 6) is 0.381. The number of hydrogen-bond donors (Lipinski definition) is 0. The molecule has 0 aromatic heterocycles. The Balaban J connectivity index is 0.00000140. The van der Waals surface area contributed by atoms with Gasteiger partial charge in [-0.15, -0.1) is 33.7 Å². The van der Waals surface area contributed by atoms with Crippen LogP contribution in [-0.2, 0) is 37.0 Å². The van der Waals surface area contributed by atoms with Crippen LogP contribution in [0, 0.1) is 0 Å². The fourth-order valence-corrected chi connectivity index (χ4v) is 4.21. The molecule has 0 amide bonds. The first kappa shape index (κ1) is 26.3. The standard InChI is InChI=1S/C26H29.2ClH.Zr/c1-25(2,3)19-11-12-20-18(15-19)16-22-21(20)13-14-23(26(4,5)6)24(22)17-9-7-8-10-17;;;/h7-17H,1-6H3;2*1H;/q-1;;;+3/p-2. The van der Waals surface area contributed by atoms with Gasteiger partial charge in [-0.3, -0.25) is 0 Å². The summed E-state index contributed by atoms with van der Waals surface area (Å²) in [6, 6.07) is 14.1. The first-order valence-electron chi connectivity index (χ1n) is 9.68. The van der Waals surface area contributed by atoms with E-state index in [1.54, 1.807) is 0 Å². The summed E-state index contributed by atoms with van der Waals surface area (Å²) >= 11 is 0. The Kier molecular flexibility index (Phi) is 8.31. The first-order chi connectivity index (χ1) is 12.2. The molecule has 0 bridgehead atoms. The van der Waals surface area contributed by atoms with Gasteiger partial charge in [0, 0.05) is 0 Å². The van der Waals surface area contributed by atoms with E-state index < -0.39 is 0 Å². The Labute approximate surface area is 207 Å². The summed E-state index contributed by atoms with van der Waals surface area (Å²) in [6.45, 7) is 13.8. The van der Waals surface area contributed by atoms with Gasteiger partial charge in [0.15, 0.2) is 0 Å². The summed E-state index contributed by atoms with van der Waals surface area (Å²) in [5, 5.41) is 5.54. The van der Waals surface area contributed by atoms with Crippen LogP contribution in [0.1, 0.15) is 64.2 Å². The van der Waals surface area contributed by atoms with E-state index in [-0.39, 0.29) is 61.8 Å². The van der Waals surface area contributed by atoms with Crippen LogP contribution in [0.2, 0.25) is 0 Å². The van der Waals surface area contributed by atoms with E-state index in [0.29, 0.717) is 5.92 Å². The molecular weight excluding hydrogens is 474 g/mol. The molecule has 1 radical (unpaired) electrons. The molecule has 0 aliphatic heterocycles. The molecule has 0 spiro atoms. The zero-order valence-electron chi connectivity index (χ0n) is 18.1. The molecule has 1 aliphatic carbocycles. The van der Waals surface area contributed by atoms with Gasteiger partial charge >= 0.3 is 26.2 Å². The van der Waals surface area contributed by atoms with Crippen LogP contribution in [0.3, 0.4) is 0 Å². The van der Waals surface area contributed by atoms with E-state index in [0.717, 1.165) is 0 Å². The summed E-state index contributed by atoms with van der Waals surface area (Å²) < 4.78 is 0. The van der Waals surface area contributed by atoms with Crippen LogP contribution in [0.15, 0.2) is 60.7 Å². The first-order valence-corrected chi connectivity index (χ1v) is 9.68. The molecule has 151 valence electrons. The fourth-order valence-electron chi connectivity index (χ4n) is 4.21. The molecule has 0 saturated heterocycles. The predicted molar refractivity (Wildman–Crippen MR) is 115 cm³/mol. The average molecular weight is 504 g/mol. The SMILES string of the molecule is CC(C)(C)c1ccc2c(c1)[cH-]c1c(C3C=CC=C3)c(C(C)(C)C)ccc12.[Cl-].[Cl-].[Zr+3]. The van der Waals surface area contributed by atoms with Gasteiger partial charge < -0.3 is 24.8 Å². The van der Waals surface area contributed by atoms with Gasteiger partial charge in [0.2, 0.25) is 0 Å². The van der Waals surface area contributed by atoms with Crippen LogP contribution < -0.4 is 24.8 Å². The van der Waals surface area contributed by atoms with Gasteiger partial charge in [-0.1, -0.05) is 107 Å². The number of allylic oxidation sites excluding steroid dienone is 4.